The number of carbonyl (C=O) groups excluding carboxylic acids is 2. The van der Waals surface area contributed by atoms with Crippen LogP contribution in [-0.2, 0) is 20.5 Å². The number of carbonyl (C=O) groups is 2. The van der Waals surface area contributed by atoms with Crippen LogP contribution in [0.25, 0.3) is 0 Å². The number of nitrogens with zero attached hydrogens (tertiary/aromatic N) is 2. The van der Waals surface area contributed by atoms with Crippen LogP contribution in [0.1, 0.15) is 39.0 Å². The van der Waals surface area contributed by atoms with Crippen LogP contribution in [0.15, 0.2) is 24.5 Å². The van der Waals surface area contributed by atoms with Gasteiger partial charge >= 0.3 is 0 Å². The predicted octanol–water partition coefficient (Wildman–Crippen LogP) is 2.30. The van der Waals surface area contributed by atoms with E-state index in [1.807, 2.05) is 44.0 Å². The van der Waals surface area contributed by atoms with E-state index in [0.29, 0.717) is 17.8 Å². The van der Waals surface area contributed by atoms with Gasteiger partial charge < -0.3 is 9.13 Å². The van der Waals surface area contributed by atoms with Crippen LogP contribution in [0.2, 0.25) is 0 Å². The summed E-state index contributed by atoms with van der Waals surface area (Å²) in [5.74, 6) is 0.0761. The van der Waals surface area contributed by atoms with E-state index in [4.69, 9.17) is 0 Å². The predicted molar refractivity (Wildman–Crippen MR) is 73.6 cm³/mol. The maximum atomic E-state index is 12.2. The van der Waals surface area contributed by atoms with Gasteiger partial charge in [0.15, 0.2) is 11.6 Å². The van der Waals surface area contributed by atoms with E-state index in [1.165, 1.54) is 6.92 Å². The van der Waals surface area contributed by atoms with Gasteiger partial charge in [0.1, 0.15) is 0 Å². The molecule has 4 nitrogen and oxygen atoms in total. The highest BCUT2D eigenvalue weighted by Gasteiger charge is 2.14. The van der Waals surface area contributed by atoms with Crippen molar-refractivity contribution in [2.24, 2.45) is 14.1 Å². The SMILES string of the molecule is CC(=O)c1cc(CC(=O)c2cc(C)cn2C)cn1C. The smallest absolute Gasteiger partial charge is 0.183 e. The Morgan fingerprint density at radius 2 is 1.68 bits per heavy atom. The second kappa shape index (κ2) is 4.88. The van der Waals surface area contributed by atoms with Gasteiger partial charge in [-0.15, -0.1) is 0 Å². The third-order valence-corrected chi connectivity index (χ3v) is 3.21. The average Bonchev–Trinajstić information content (AvgIpc) is 2.81. The molecule has 0 aliphatic heterocycles. The van der Waals surface area contributed by atoms with Gasteiger partial charge in [-0.1, -0.05) is 0 Å². The van der Waals surface area contributed by atoms with Gasteiger partial charge in [0, 0.05) is 39.8 Å². The van der Waals surface area contributed by atoms with Crippen LogP contribution < -0.4 is 0 Å². The average molecular weight is 258 g/mol. The minimum Gasteiger partial charge on any atom is -0.348 e. The van der Waals surface area contributed by atoms with Crippen LogP contribution in [-0.4, -0.2) is 20.7 Å². The second-order valence-electron chi connectivity index (χ2n) is 5.01. The molecule has 0 bridgehead atoms. The van der Waals surface area contributed by atoms with Gasteiger partial charge in [-0.25, -0.2) is 0 Å². The van der Waals surface area contributed by atoms with Gasteiger partial charge in [0.05, 0.1) is 11.4 Å². The quantitative estimate of drug-likeness (QED) is 0.790. The molecule has 4 heteroatoms. The molecular formula is C15H18N2O2. The highest BCUT2D eigenvalue weighted by atomic mass is 16.1. The zero-order valence-corrected chi connectivity index (χ0v) is 11.7. The van der Waals surface area contributed by atoms with E-state index < -0.39 is 0 Å². The molecule has 2 rings (SSSR count). The van der Waals surface area contributed by atoms with Gasteiger partial charge in [-0.05, 0) is 30.2 Å². The van der Waals surface area contributed by atoms with Crippen molar-refractivity contribution in [1.82, 2.24) is 9.13 Å². The Labute approximate surface area is 112 Å². The van der Waals surface area contributed by atoms with Crippen molar-refractivity contribution in [2.45, 2.75) is 20.3 Å². The lowest BCUT2D eigenvalue weighted by Crippen LogP contribution is -2.07. The molecule has 100 valence electrons. The molecule has 2 aromatic rings. The van der Waals surface area contributed by atoms with Crippen molar-refractivity contribution in [1.29, 1.82) is 0 Å². The van der Waals surface area contributed by atoms with Crippen molar-refractivity contribution < 1.29 is 9.59 Å². The summed E-state index contributed by atoms with van der Waals surface area (Å²) in [6.07, 6.45) is 4.09. The molecule has 2 aromatic heterocycles. The molecule has 2 heterocycles. The molecule has 0 spiro atoms. The molecule has 0 aromatic carbocycles. The molecule has 0 radical (unpaired) electrons. The van der Waals surface area contributed by atoms with Crippen molar-refractivity contribution >= 4 is 11.6 Å². The summed E-state index contributed by atoms with van der Waals surface area (Å²) >= 11 is 0. The summed E-state index contributed by atoms with van der Waals surface area (Å²) in [4.78, 5) is 23.6. The van der Waals surface area contributed by atoms with E-state index in [1.54, 1.807) is 10.6 Å². The van der Waals surface area contributed by atoms with E-state index in [-0.39, 0.29) is 11.6 Å². The van der Waals surface area contributed by atoms with Gasteiger partial charge in [0.2, 0.25) is 0 Å². The Hall–Kier alpha value is -2.10. The summed E-state index contributed by atoms with van der Waals surface area (Å²) in [5.41, 5.74) is 3.27. The number of Topliss-reactive ketones (excluding diaryl/α,β-unsaturated/α-hetero) is 2. The van der Waals surface area contributed by atoms with Crippen LogP contribution >= 0.6 is 0 Å². The fraction of sp³-hybridized carbons (Fsp3) is 0.333. The Morgan fingerprint density at radius 1 is 1.05 bits per heavy atom. The number of hydrogen-bond acceptors (Lipinski definition) is 2. The summed E-state index contributed by atoms with van der Waals surface area (Å²) in [7, 11) is 3.68. The third kappa shape index (κ3) is 2.67. The van der Waals surface area contributed by atoms with Gasteiger partial charge in [-0.2, -0.15) is 0 Å². The first-order chi connectivity index (χ1) is 8.88. The molecule has 0 unspecified atom stereocenters. The number of hydrogen-bond donors (Lipinski definition) is 0. The van der Waals surface area contributed by atoms with E-state index in [2.05, 4.69) is 0 Å². The molecule has 0 aliphatic rings. The standard InChI is InChI=1S/C15H18N2O2/c1-10-5-14(16(3)8-10)15(19)7-12-6-13(11(2)18)17(4)9-12/h5-6,8-9H,7H2,1-4H3. The molecule has 0 amide bonds. The van der Waals surface area contributed by atoms with Crippen molar-refractivity contribution in [3.8, 4) is 0 Å². The van der Waals surface area contributed by atoms with Crippen LogP contribution in [0, 0.1) is 6.92 Å². The van der Waals surface area contributed by atoms with Gasteiger partial charge in [-0.3, -0.25) is 9.59 Å². The van der Waals surface area contributed by atoms with E-state index >= 15 is 0 Å². The Bertz CT molecular complexity index is 647. The Morgan fingerprint density at radius 3 is 2.16 bits per heavy atom. The lowest BCUT2D eigenvalue weighted by Gasteiger charge is -2.00. The first-order valence-corrected chi connectivity index (χ1v) is 6.21. The number of rotatable bonds is 4. The first kappa shape index (κ1) is 13.3. The van der Waals surface area contributed by atoms with E-state index in [0.717, 1.165) is 11.1 Å². The van der Waals surface area contributed by atoms with Gasteiger partial charge in [0.25, 0.3) is 0 Å². The minimum absolute atomic E-state index is 0.0101. The highest BCUT2D eigenvalue weighted by molar-refractivity contribution is 5.97. The molecule has 0 fully saturated rings. The highest BCUT2D eigenvalue weighted by Crippen LogP contribution is 2.13. The fourth-order valence-corrected chi connectivity index (χ4v) is 2.36. The van der Waals surface area contributed by atoms with Crippen LogP contribution in [0.3, 0.4) is 0 Å². The third-order valence-electron chi connectivity index (χ3n) is 3.21. The normalized spacial score (nSPS) is 10.7. The number of ketones is 2. The lowest BCUT2D eigenvalue weighted by molar-refractivity contribution is 0.0981. The molecule has 0 saturated carbocycles. The zero-order valence-electron chi connectivity index (χ0n) is 11.7. The van der Waals surface area contributed by atoms with Crippen molar-refractivity contribution in [3.63, 3.8) is 0 Å². The maximum Gasteiger partial charge on any atom is 0.183 e. The van der Waals surface area contributed by atoms with E-state index in [9.17, 15) is 9.59 Å². The topological polar surface area (TPSA) is 44.0 Å². The minimum atomic E-state index is 0.0101. The maximum absolute atomic E-state index is 12.2. The summed E-state index contributed by atoms with van der Waals surface area (Å²) < 4.78 is 3.60. The molecular weight excluding hydrogens is 240 g/mol. The molecule has 0 aliphatic carbocycles. The summed E-state index contributed by atoms with van der Waals surface area (Å²) in [5, 5.41) is 0. The number of aromatic nitrogens is 2. The molecule has 0 atom stereocenters. The van der Waals surface area contributed by atoms with Crippen LogP contribution in [0.5, 0.6) is 0 Å². The monoisotopic (exact) mass is 258 g/mol. The van der Waals surface area contributed by atoms with Crippen molar-refractivity contribution in [2.75, 3.05) is 0 Å². The molecule has 0 saturated heterocycles. The summed E-state index contributed by atoms with van der Waals surface area (Å²) in [6, 6.07) is 3.67. The Kier molecular flexibility index (Phi) is 3.42. The Balaban J connectivity index is 2.22. The second-order valence-corrected chi connectivity index (χ2v) is 5.01. The first-order valence-electron chi connectivity index (χ1n) is 6.21. The van der Waals surface area contributed by atoms with Crippen LogP contribution in [0.4, 0.5) is 0 Å². The van der Waals surface area contributed by atoms with Crippen molar-refractivity contribution in [3.05, 3.63) is 47.0 Å². The fourth-order valence-electron chi connectivity index (χ4n) is 2.36. The lowest BCUT2D eigenvalue weighted by atomic mass is 10.1. The summed E-state index contributed by atoms with van der Waals surface area (Å²) in [6.45, 7) is 3.49. The molecule has 19 heavy (non-hydrogen) atoms. The largest absolute Gasteiger partial charge is 0.348 e. The number of aryl methyl sites for hydroxylation is 3. The zero-order chi connectivity index (χ0) is 14.2. The molecule has 0 N–H and O–H groups in total.